The van der Waals surface area contributed by atoms with Gasteiger partial charge in [0.2, 0.25) is 0 Å². The molecular weight excluding hydrogens is 548 g/mol. The molecule has 1 aliphatic rings. The maximum Gasteiger partial charge on any atom is 0.293 e. The molecule has 1 aliphatic heterocycles. The average molecular weight is 564 g/mol. The summed E-state index contributed by atoms with van der Waals surface area (Å²) in [7, 11) is 1.56. The summed E-state index contributed by atoms with van der Waals surface area (Å²) in [5.41, 5.74) is 1.39. The molecule has 29 heavy (non-hydrogen) atoms. The van der Waals surface area contributed by atoms with Crippen LogP contribution in [0, 0.1) is 3.57 Å². The maximum absolute atomic E-state index is 12.8. The second-order valence-electron chi connectivity index (χ2n) is 5.97. The fraction of sp³-hybridized carbons (Fsp3) is 0.200. The molecule has 0 atom stereocenters. The lowest BCUT2D eigenvalue weighted by atomic mass is 10.1. The van der Waals surface area contributed by atoms with Gasteiger partial charge in [-0.1, -0.05) is 29.3 Å². The topological polar surface area (TPSA) is 55.8 Å². The van der Waals surface area contributed by atoms with E-state index in [0.717, 1.165) is 20.9 Å². The lowest BCUT2D eigenvalue weighted by molar-refractivity contribution is -0.123. The van der Waals surface area contributed by atoms with Crippen LogP contribution in [-0.4, -0.2) is 29.8 Å². The molecule has 0 N–H and O–H groups in total. The van der Waals surface area contributed by atoms with E-state index in [4.69, 9.17) is 32.7 Å². The predicted molar refractivity (Wildman–Crippen MR) is 125 cm³/mol. The summed E-state index contributed by atoms with van der Waals surface area (Å²) in [4.78, 5) is 26.7. The van der Waals surface area contributed by atoms with Gasteiger partial charge in [0.1, 0.15) is 0 Å². The minimum absolute atomic E-state index is 0.0855. The second kappa shape index (κ2) is 9.59. The molecule has 0 spiro atoms. The van der Waals surface area contributed by atoms with Gasteiger partial charge >= 0.3 is 0 Å². The van der Waals surface area contributed by atoms with E-state index in [1.807, 2.05) is 13.0 Å². The number of hydrogen-bond donors (Lipinski definition) is 0. The third kappa shape index (κ3) is 5.02. The van der Waals surface area contributed by atoms with E-state index >= 15 is 0 Å². The van der Waals surface area contributed by atoms with Gasteiger partial charge in [0.25, 0.3) is 11.1 Å². The highest BCUT2D eigenvalue weighted by Crippen LogP contribution is 2.38. The van der Waals surface area contributed by atoms with Crippen LogP contribution in [0.15, 0.2) is 35.2 Å². The summed E-state index contributed by atoms with van der Waals surface area (Å²) in [5.74, 6) is 0.851. The van der Waals surface area contributed by atoms with Crippen molar-refractivity contribution in [3.63, 3.8) is 0 Å². The van der Waals surface area contributed by atoms with Crippen molar-refractivity contribution in [2.24, 2.45) is 0 Å². The molecule has 0 unspecified atom stereocenters. The number of thioether (sulfide) groups is 1. The Bertz CT molecular complexity index is 1010. The van der Waals surface area contributed by atoms with Crippen molar-refractivity contribution >= 4 is 74.8 Å². The number of imide groups is 1. The minimum atomic E-state index is -0.367. The zero-order chi connectivity index (χ0) is 21.1. The number of hydrogen-bond acceptors (Lipinski definition) is 5. The van der Waals surface area contributed by atoms with Gasteiger partial charge in [-0.05, 0) is 82.7 Å². The summed E-state index contributed by atoms with van der Waals surface area (Å²) in [6.07, 6.45) is 1.68. The van der Waals surface area contributed by atoms with E-state index in [9.17, 15) is 9.59 Å². The number of nitrogens with zero attached hydrogens (tertiary/aromatic N) is 1. The molecule has 0 aromatic heterocycles. The Labute approximate surface area is 196 Å². The number of methoxy groups -OCH3 is 1. The monoisotopic (exact) mass is 563 g/mol. The molecule has 2 aromatic carbocycles. The summed E-state index contributed by atoms with van der Waals surface area (Å²) < 4.78 is 11.9. The lowest BCUT2D eigenvalue weighted by Crippen LogP contribution is -2.27. The number of rotatable bonds is 6. The first-order chi connectivity index (χ1) is 13.8. The van der Waals surface area contributed by atoms with Crippen molar-refractivity contribution in [2.75, 3.05) is 13.7 Å². The van der Waals surface area contributed by atoms with Crippen LogP contribution < -0.4 is 9.47 Å². The third-order valence-corrected chi connectivity index (χ3v) is 6.35. The Morgan fingerprint density at radius 2 is 1.97 bits per heavy atom. The van der Waals surface area contributed by atoms with Gasteiger partial charge in [-0.25, -0.2) is 0 Å². The highest BCUT2D eigenvalue weighted by molar-refractivity contribution is 14.1. The number of benzene rings is 2. The van der Waals surface area contributed by atoms with Crippen molar-refractivity contribution in [3.8, 4) is 11.5 Å². The zero-order valence-corrected chi connectivity index (χ0v) is 20.0. The smallest absolute Gasteiger partial charge is 0.293 e. The van der Waals surface area contributed by atoms with Crippen molar-refractivity contribution < 1.29 is 19.1 Å². The van der Waals surface area contributed by atoms with Crippen LogP contribution in [0.25, 0.3) is 6.08 Å². The summed E-state index contributed by atoms with van der Waals surface area (Å²) in [5, 5.41) is 0.554. The van der Waals surface area contributed by atoms with E-state index in [0.29, 0.717) is 38.6 Å². The van der Waals surface area contributed by atoms with Crippen LogP contribution >= 0.6 is 57.6 Å². The molecule has 2 aromatic rings. The van der Waals surface area contributed by atoms with Crippen molar-refractivity contribution in [1.82, 2.24) is 4.90 Å². The molecule has 1 saturated heterocycles. The fourth-order valence-electron chi connectivity index (χ4n) is 2.72. The molecule has 1 heterocycles. The molecule has 1 fully saturated rings. The Kier molecular flexibility index (Phi) is 7.37. The highest BCUT2D eigenvalue weighted by Gasteiger charge is 2.35. The van der Waals surface area contributed by atoms with Gasteiger partial charge in [0.05, 0.1) is 28.7 Å². The fourth-order valence-corrected chi connectivity index (χ4v) is 4.80. The Morgan fingerprint density at radius 3 is 2.62 bits per heavy atom. The van der Waals surface area contributed by atoms with Gasteiger partial charge in [0, 0.05) is 10.0 Å². The third-order valence-electron chi connectivity index (χ3n) is 4.06. The maximum atomic E-state index is 12.8. The number of amides is 2. The predicted octanol–water partition coefficient (Wildman–Crippen LogP) is 6.24. The van der Waals surface area contributed by atoms with Gasteiger partial charge < -0.3 is 9.47 Å². The second-order valence-corrected chi connectivity index (χ2v) is 8.97. The van der Waals surface area contributed by atoms with Crippen LogP contribution in [0.5, 0.6) is 11.5 Å². The average Bonchev–Trinajstić information content (AvgIpc) is 2.93. The number of halogens is 3. The standard InChI is InChI=1S/C20H16Cl2INO4S/c1-3-28-18-15(23)6-11(7-16(18)27-2)8-17-19(25)24(20(26)29-17)10-12-4-5-13(21)9-14(12)22/h4-9H,3,10H2,1-2H3/b17-8+. The van der Waals surface area contributed by atoms with Gasteiger partial charge in [-0.15, -0.1) is 0 Å². The van der Waals surface area contributed by atoms with Crippen LogP contribution in [-0.2, 0) is 11.3 Å². The molecule has 9 heteroatoms. The Balaban J connectivity index is 1.87. The normalized spacial score (nSPS) is 15.3. The van der Waals surface area contributed by atoms with Crippen LogP contribution in [0.2, 0.25) is 10.0 Å². The largest absolute Gasteiger partial charge is 0.493 e. The first-order valence-corrected chi connectivity index (χ1v) is 11.2. The zero-order valence-electron chi connectivity index (χ0n) is 15.5. The lowest BCUT2D eigenvalue weighted by Gasteiger charge is -2.14. The minimum Gasteiger partial charge on any atom is -0.493 e. The van der Waals surface area contributed by atoms with Gasteiger partial charge in [-0.3, -0.25) is 14.5 Å². The summed E-state index contributed by atoms with van der Waals surface area (Å²) in [6, 6.07) is 8.61. The summed E-state index contributed by atoms with van der Waals surface area (Å²) in [6.45, 7) is 2.49. The summed E-state index contributed by atoms with van der Waals surface area (Å²) >= 11 is 15.1. The van der Waals surface area contributed by atoms with E-state index < -0.39 is 0 Å². The molecule has 0 radical (unpaired) electrons. The van der Waals surface area contributed by atoms with Crippen molar-refractivity contribution in [1.29, 1.82) is 0 Å². The van der Waals surface area contributed by atoms with Crippen molar-refractivity contribution in [3.05, 3.63) is 60.0 Å². The molecule has 0 aliphatic carbocycles. The molecule has 5 nitrogen and oxygen atoms in total. The number of ether oxygens (including phenoxy) is 2. The molecular formula is C20H16Cl2INO4S. The number of carbonyl (C=O) groups excluding carboxylic acids is 2. The first-order valence-electron chi connectivity index (χ1n) is 8.53. The Hall–Kier alpha value is -1.42. The first kappa shape index (κ1) is 22.3. The van der Waals surface area contributed by atoms with Crippen LogP contribution in [0.1, 0.15) is 18.1 Å². The van der Waals surface area contributed by atoms with E-state index in [1.54, 1.807) is 37.5 Å². The van der Waals surface area contributed by atoms with Gasteiger partial charge in [0.15, 0.2) is 11.5 Å². The molecule has 0 bridgehead atoms. The van der Waals surface area contributed by atoms with E-state index in [1.165, 1.54) is 4.90 Å². The quantitative estimate of drug-likeness (QED) is 0.307. The van der Waals surface area contributed by atoms with Crippen LogP contribution in [0.3, 0.4) is 0 Å². The van der Waals surface area contributed by atoms with Crippen molar-refractivity contribution in [2.45, 2.75) is 13.5 Å². The number of carbonyl (C=O) groups is 2. The molecule has 2 amide bonds. The SMILES string of the molecule is CCOc1c(I)cc(/C=C2/SC(=O)N(Cc3ccc(Cl)cc3Cl)C2=O)cc1OC. The van der Waals surface area contributed by atoms with Crippen LogP contribution in [0.4, 0.5) is 4.79 Å². The molecule has 0 saturated carbocycles. The molecule has 152 valence electrons. The van der Waals surface area contributed by atoms with E-state index in [2.05, 4.69) is 22.6 Å². The Morgan fingerprint density at radius 1 is 1.21 bits per heavy atom. The van der Waals surface area contributed by atoms with Gasteiger partial charge in [-0.2, -0.15) is 0 Å². The highest BCUT2D eigenvalue weighted by atomic mass is 127. The van der Waals surface area contributed by atoms with E-state index in [-0.39, 0.29) is 17.7 Å². The molecule has 3 rings (SSSR count).